The van der Waals surface area contributed by atoms with E-state index in [1.54, 1.807) is 7.11 Å². The Morgan fingerprint density at radius 3 is 2.62 bits per heavy atom. The summed E-state index contributed by atoms with van der Waals surface area (Å²) in [6, 6.07) is 14.2. The van der Waals surface area contributed by atoms with E-state index in [9.17, 15) is 9.59 Å². The maximum atomic E-state index is 12.8. The van der Waals surface area contributed by atoms with E-state index in [4.69, 9.17) is 4.74 Å². The third-order valence-electron chi connectivity index (χ3n) is 4.03. The Labute approximate surface area is 171 Å². The molecule has 0 aliphatic heterocycles. The third-order valence-corrected chi connectivity index (χ3v) is 5.22. The molecule has 0 saturated carbocycles. The van der Waals surface area contributed by atoms with Gasteiger partial charge in [0.2, 0.25) is 11.1 Å². The number of thioether (sulfide) groups is 1. The highest BCUT2D eigenvalue weighted by Gasteiger charge is 2.27. The lowest BCUT2D eigenvalue weighted by Crippen LogP contribution is -2.39. The summed E-state index contributed by atoms with van der Waals surface area (Å²) in [4.78, 5) is 24.4. The van der Waals surface area contributed by atoms with Crippen molar-refractivity contribution in [2.75, 3.05) is 14.2 Å². The van der Waals surface area contributed by atoms with Gasteiger partial charge in [0.1, 0.15) is 16.7 Å². The molecular weight excluding hydrogens is 392 g/mol. The molecular formula is C19H20N6O3S. The molecule has 0 aliphatic rings. The van der Waals surface area contributed by atoms with Crippen LogP contribution in [0.4, 0.5) is 4.79 Å². The Kier molecular flexibility index (Phi) is 6.45. The van der Waals surface area contributed by atoms with Gasteiger partial charge in [0.05, 0.1) is 7.11 Å². The van der Waals surface area contributed by atoms with Crippen LogP contribution in [0.1, 0.15) is 16.4 Å². The minimum absolute atomic E-state index is 0.384. The number of carbonyl (C=O) groups excluding carboxylic acids is 2. The van der Waals surface area contributed by atoms with Gasteiger partial charge in [-0.1, -0.05) is 48.2 Å². The van der Waals surface area contributed by atoms with Crippen molar-refractivity contribution >= 4 is 23.7 Å². The summed E-state index contributed by atoms with van der Waals surface area (Å²) in [6.45, 7) is 1.95. The fraction of sp³-hybridized carbons (Fsp3) is 0.211. The molecule has 0 spiro atoms. The van der Waals surface area contributed by atoms with Crippen LogP contribution in [0.15, 0.2) is 53.7 Å². The second-order valence-electron chi connectivity index (χ2n) is 6.03. The Morgan fingerprint density at radius 1 is 1.17 bits per heavy atom. The first kappa shape index (κ1) is 20.3. The van der Waals surface area contributed by atoms with Gasteiger partial charge < -0.3 is 10.1 Å². The van der Waals surface area contributed by atoms with Gasteiger partial charge in [0.15, 0.2) is 0 Å². The van der Waals surface area contributed by atoms with Crippen LogP contribution in [0.3, 0.4) is 0 Å². The zero-order chi connectivity index (χ0) is 20.8. The number of rotatable bonds is 6. The average molecular weight is 412 g/mol. The van der Waals surface area contributed by atoms with Crippen molar-refractivity contribution in [2.45, 2.75) is 17.3 Å². The lowest BCUT2D eigenvalue weighted by molar-refractivity contribution is -0.119. The first-order chi connectivity index (χ1) is 14.0. The number of hydrogen-bond donors (Lipinski definition) is 2. The Hall–Kier alpha value is -3.40. The number of methoxy groups -OCH3 is 1. The summed E-state index contributed by atoms with van der Waals surface area (Å²) in [6.07, 6.45) is 0. The fourth-order valence-electron chi connectivity index (χ4n) is 2.62. The lowest BCUT2D eigenvalue weighted by Gasteiger charge is -2.16. The number of ether oxygens (including phenoxy) is 1. The van der Waals surface area contributed by atoms with E-state index >= 15 is 0 Å². The molecule has 2 aromatic carbocycles. The predicted octanol–water partition coefficient (Wildman–Crippen LogP) is 2.27. The Balaban J connectivity index is 1.98. The molecule has 0 unspecified atom stereocenters. The number of imide groups is 1. The molecule has 0 radical (unpaired) electrons. The average Bonchev–Trinajstić information content (AvgIpc) is 3.20. The molecule has 1 aromatic heterocycles. The van der Waals surface area contributed by atoms with Crippen LogP contribution in [-0.2, 0) is 4.79 Å². The highest BCUT2D eigenvalue weighted by molar-refractivity contribution is 8.00. The van der Waals surface area contributed by atoms with Crippen molar-refractivity contribution in [1.29, 1.82) is 0 Å². The number of benzene rings is 2. The molecule has 0 saturated heterocycles. The van der Waals surface area contributed by atoms with Crippen LogP contribution in [0, 0.1) is 6.92 Å². The number of urea groups is 1. The molecule has 3 rings (SSSR count). The van der Waals surface area contributed by atoms with Gasteiger partial charge in [0.25, 0.3) is 0 Å². The molecule has 3 amide bonds. The number of nitrogens with zero attached hydrogens (tertiary/aromatic N) is 4. The number of tetrazole rings is 1. The molecule has 29 heavy (non-hydrogen) atoms. The van der Waals surface area contributed by atoms with Gasteiger partial charge in [-0.15, -0.1) is 5.10 Å². The zero-order valence-electron chi connectivity index (χ0n) is 16.1. The van der Waals surface area contributed by atoms with E-state index in [0.29, 0.717) is 22.2 Å². The van der Waals surface area contributed by atoms with Gasteiger partial charge >= 0.3 is 6.03 Å². The van der Waals surface area contributed by atoms with Crippen LogP contribution in [0.2, 0.25) is 0 Å². The van der Waals surface area contributed by atoms with Crippen molar-refractivity contribution < 1.29 is 14.3 Å². The first-order valence-electron chi connectivity index (χ1n) is 8.71. The quantitative estimate of drug-likeness (QED) is 0.598. The third kappa shape index (κ3) is 4.72. The van der Waals surface area contributed by atoms with Gasteiger partial charge in [-0.05, 0) is 40.6 Å². The smallest absolute Gasteiger partial charge is 0.321 e. The fourth-order valence-corrected chi connectivity index (χ4v) is 3.60. The molecule has 0 fully saturated rings. The molecule has 1 heterocycles. The number of hydrogen-bond acceptors (Lipinski definition) is 7. The van der Waals surface area contributed by atoms with Gasteiger partial charge in [-0.2, -0.15) is 4.68 Å². The minimum atomic E-state index is -0.742. The van der Waals surface area contributed by atoms with Crippen molar-refractivity contribution in [1.82, 2.24) is 30.8 Å². The monoisotopic (exact) mass is 412 g/mol. The second kappa shape index (κ2) is 9.20. The molecule has 1 atom stereocenters. The van der Waals surface area contributed by atoms with Crippen LogP contribution in [0.25, 0.3) is 5.69 Å². The van der Waals surface area contributed by atoms with Crippen molar-refractivity contribution in [2.24, 2.45) is 0 Å². The number of aryl methyl sites for hydroxylation is 1. The van der Waals surface area contributed by atoms with Gasteiger partial charge in [0, 0.05) is 7.05 Å². The van der Waals surface area contributed by atoms with E-state index in [2.05, 4.69) is 26.2 Å². The molecule has 150 valence electrons. The number of aromatic nitrogens is 4. The summed E-state index contributed by atoms with van der Waals surface area (Å²) in [5.41, 5.74) is 2.37. The summed E-state index contributed by atoms with van der Waals surface area (Å²) < 4.78 is 6.94. The Bertz CT molecular complexity index is 1010. The molecule has 0 bridgehead atoms. The van der Waals surface area contributed by atoms with Crippen LogP contribution in [-0.4, -0.2) is 46.3 Å². The van der Waals surface area contributed by atoms with Crippen LogP contribution < -0.4 is 15.4 Å². The number of amides is 3. The maximum absolute atomic E-state index is 12.8. The van der Waals surface area contributed by atoms with E-state index in [-0.39, 0.29) is 0 Å². The first-order valence-corrected chi connectivity index (χ1v) is 9.59. The summed E-state index contributed by atoms with van der Waals surface area (Å²) in [5.74, 6) is 0.113. The molecule has 2 N–H and O–H groups in total. The second-order valence-corrected chi connectivity index (χ2v) is 7.10. The number of carbonyl (C=O) groups is 2. The topological polar surface area (TPSA) is 111 Å². The number of nitrogens with one attached hydrogen (secondary N) is 2. The van der Waals surface area contributed by atoms with Crippen LogP contribution in [0.5, 0.6) is 5.75 Å². The largest absolute Gasteiger partial charge is 0.494 e. The lowest BCUT2D eigenvalue weighted by atomic mass is 10.1. The van der Waals surface area contributed by atoms with E-state index in [1.165, 1.54) is 11.7 Å². The summed E-state index contributed by atoms with van der Waals surface area (Å²) in [7, 11) is 3.01. The Morgan fingerprint density at radius 2 is 1.93 bits per heavy atom. The van der Waals surface area contributed by atoms with E-state index < -0.39 is 17.2 Å². The SMILES string of the molecule is CNC(=O)NC(=O)[C@@H](Sc1nnnn1-c1cc(C)ccc1OC)c1ccccc1. The van der Waals surface area contributed by atoms with Crippen LogP contribution >= 0.6 is 11.8 Å². The van der Waals surface area contributed by atoms with Crippen molar-refractivity contribution in [3.05, 3.63) is 59.7 Å². The highest BCUT2D eigenvalue weighted by atomic mass is 32.2. The summed E-state index contributed by atoms with van der Waals surface area (Å²) in [5, 5.41) is 16.2. The summed E-state index contributed by atoms with van der Waals surface area (Å²) >= 11 is 1.13. The maximum Gasteiger partial charge on any atom is 0.321 e. The highest BCUT2D eigenvalue weighted by Crippen LogP contribution is 2.36. The zero-order valence-corrected chi connectivity index (χ0v) is 16.9. The minimum Gasteiger partial charge on any atom is -0.494 e. The standard InChI is InChI=1S/C19H20N6O3S/c1-12-9-10-15(28-3)14(11-12)25-19(22-23-24-25)29-16(13-7-5-4-6-8-13)17(26)21-18(27)20-2/h4-11,16H,1-3H3,(H2,20,21,26,27)/t16-/m0/s1. The van der Waals surface area contributed by atoms with Crippen molar-refractivity contribution in [3.63, 3.8) is 0 Å². The molecule has 0 aliphatic carbocycles. The molecule has 9 nitrogen and oxygen atoms in total. The van der Waals surface area contributed by atoms with E-state index in [0.717, 1.165) is 17.3 Å². The normalized spacial score (nSPS) is 11.6. The molecule has 10 heteroatoms. The predicted molar refractivity (Wildman–Crippen MR) is 108 cm³/mol. The van der Waals surface area contributed by atoms with Crippen molar-refractivity contribution in [3.8, 4) is 11.4 Å². The van der Waals surface area contributed by atoms with Gasteiger partial charge in [-0.3, -0.25) is 10.1 Å². The van der Waals surface area contributed by atoms with Gasteiger partial charge in [-0.25, -0.2) is 4.79 Å². The van der Waals surface area contributed by atoms with E-state index in [1.807, 2.05) is 55.5 Å². The molecule has 3 aromatic rings.